The second-order valence-electron chi connectivity index (χ2n) is 4.64. The van der Waals surface area contributed by atoms with Crippen LogP contribution in [0, 0.1) is 5.41 Å². The molecule has 0 unspecified atom stereocenters. The molecule has 0 aliphatic heterocycles. The number of hydrogen-bond donors (Lipinski definition) is 2. The van der Waals surface area contributed by atoms with Gasteiger partial charge < -0.3 is 10.8 Å². The molecular formula is C11H15Cl2NO. The summed E-state index contributed by atoms with van der Waals surface area (Å²) in [5, 5.41) is 10.3. The molecule has 0 amide bonds. The number of phenols is 1. The van der Waals surface area contributed by atoms with Crippen molar-refractivity contribution in [3.63, 3.8) is 0 Å². The summed E-state index contributed by atoms with van der Waals surface area (Å²) in [6.45, 7) is 6.00. The molecule has 2 nitrogen and oxygen atoms in total. The maximum absolute atomic E-state index is 9.82. The van der Waals surface area contributed by atoms with Crippen LogP contribution in [0.4, 0.5) is 0 Å². The van der Waals surface area contributed by atoms with Gasteiger partial charge in [-0.3, -0.25) is 0 Å². The van der Waals surface area contributed by atoms with E-state index < -0.39 is 0 Å². The molecule has 4 heteroatoms. The number of phenolic OH excluding ortho intramolecular Hbond substituents is 1. The van der Waals surface area contributed by atoms with Gasteiger partial charge in [-0.1, -0.05) is 50.0 Å². The smallest absolute Gasteiger partial charge is 0.140 e. The quantitative estimate of drug-likeness (QED) is 0.795. The van der Waals surface area contributed by atoms with Crippen LogP contribution in [-0.2, 0) is 0 Å². The van der Waals surface area contributed by atoms with Crippen molar-refractivity contribution < 1.29 is 5.11 Å². The van der Waals surface area contributed by atoms with Crippen molar-refractivity contribution in [2.45, 2.75) is 26.8 Å². The third-order valence-corrected chi connectivity index (χ3v) is 3.16. The van der Waals surface area contributed by atoms with E-state index in [-0.39, 0.29) is 22.2 Å². The molecular weight excluding hydrogens is 233 g/mol. The molecule has 0 spiro atoms. The van der Waals surface area contributed by atoms with Crippen molar-refractivity contribution in [3.05, 3.63) is 27.7 Å². The van der Waals surface area contributed by atoms with E-state index in [2.05, 4.69) is 0 Å². The van der Waals surface area contributed by atoms with E-state index in [4.69, 9.17) is 28.9 Å². The molecule has 0 aliphatic rings. The molecule has 0 bridgehead atoms. The second kappa shape index (κ2) is 4.20. The van der Waals surface area contributed by atoms with Gasteiger partial charge in [-0.2, -0.15) is 0 Å². The van der Waals surface area contributed by atoms with E-state index in [0.717, 1.165) is 0 Å². The third-order valence-electron chi connectivity index (χ3n) is 2.37. The Hall–Kier alpha value is -0.440. The Balaban J connectivity index is 3.23. The first-order valence-electron chi connectivity index (χ1n) is 4.67. The van der Waals surface area contributed by atoms with E-state index in [9.17, 15) is 5.11 Å². The summed E-state index contributed by atoms with van der Waals surface area (Å²) in [6.07, 6.45) is 0. The molecule has 0 heterocycles. The lowest BCUT2D eigenvalue weighted by Crippen LogP contribution is -2.26. The summed E-state index contributed by atoms with van der Waals surface area (Å²) < 4.78 is 0. The van der Waals surface area contributed by atoms with Crippen molar-refractivity contribution in [1.82, 2.24) is 0 Å². The number of nitrogens with two attached hydrogens (primary N) is 1. The second-order valence-corrected chi connectivity index (χ2v) is 5.43. The molecule has 1 atom stereocenters. The Labute approximate surface area is 100.0 Å². The van der Waals surface area contributed by atoms with Crippen LogP contribution < -0.4 is 5.73 Å². The predicted octanol–water partition coefficient (Wildman–Crippen LogP) is 3.74. The summed E-state index contributed by atoms with van der Waals surface area (Å²) in [6, 6.07) is 3.07. The minimum absolute atomic E-state index is 0.0217. The Morgan fingerprint density at radius 1 is 1.27 bits per heavy atom. The van der Waals surface area contributed by atoms with Crippen LogP contribution in [0.25, 0.3) is 0 Å². The fourth-order valence-corrected chi connectivity index (χ4v) is 1.60. The molecule has 15 heavy (non-hydrogen) atoms. The summed E-state index contributed by atoms with van der Waals surface area (Å²) in [4.78, 5) is 0. The van der Waals surface area contributed by atoms with E-state index in [0.29, 0.717) is 10.6 Å². The first kappa shape index (κ1) is 12.6. The number of benzene rings is 1. The van der Waals surface area contributed by atoms with Gasteiger partial charge in [-0.05, 0) is 11.5 Å². The van der Waals surface area contributed by atoms with Crippen molar-refractivity contribution in [3.8, 4) is 5.75 Å². The van der Waals surface area contributed by atoms with Gasteiger partial charge >= 0.3 is 0 Å². The van der Waals surface area contributed by atoms with Gasteiger partial charge in [0, 0.05) is 11.6 Å². The van der Waals surface area contributed by atoms with Gasteiger partial charge in [0.25, 0.3) is 0 Å². The van der Waals surface area contributed by atoms with Crippen molar-refractivity contribution in [2.75, 3.05) is 0 Å². The lowest BCUT2D eigenvalue weighted by Gasteiger charge is -2.28. The van der Waals surface area contributed by atoms with E-state index in [1.807, 2.05) is 20.8 Å². The standard InChI is InChI=1S/C11H15Cl2NO/c1-11(2,3)10(14)6-4-5-7(12)8(13)9(6)15/h4-5,10,15H,14H2,1-3H3/t10-/m0/s1. The highest BCUT2D eigenvalue weighted by molar-refractivity contribution is 6.43. The van der Waals surface area contributed by atoms with Crippen LogP contribution >= 0.6 is 23.2 Å². The minimum Gasteiger partial charge on any atom is -0.506 e. The van der Waals surface area contributed by atoms with E-state index in [1.54, 1.807) is 12.1 Å². The highest BCUT2D eigenvalue weighted by Crippen LogP contribution is 2.41. The fraction of sp³-hybridized carbons (Fsp3) is 0.455. The molecule has 1 aromatic rings. The van der Waals surface area contributed by atoms with Crippen LogP contribution in [-0.4, -0.2) is 5.11 Å². The zero-order valence-electron chi connectivity index (χ0n) is 9.01. The lowest BCUT2D eigenvalue weighted by molar-refractivity contribution is 0.318. The SMILES string of the molecule is CC(C)(C)[C@@H](N)c1ccc(Cl)c(Cl)c1O. The Morgan fingerprint density at radius 3 is 2.27 bits per heavy atom. The molecule has 84 valence electrons. The summed E-state index contributed by atoms with van der Waals surface area (Å²) >= 11 is 11.6. The predicted molar refractivity (Wildman–Crippen MR) is 64.5 cm³/mol. The molecule has 0 aromatic heterocycles. The monoisotopic (exact) mass is 247 g/mol. The molecule has 1 aromatic carbocycles. The van der Waals surface area contributed by atoms with Gasteiger partial charge in [0.1, 0.15) is 10.8 Å². The van der Waals surface area contributed by atoms with Gasteiger partial charge in [-0.25, -0.2) is 0 Å². The number of halogens is 2. The average molecular weight is 248 g/mol. The maximum atomic E-state index is 9.82. The van der Waals surface area contributed by atoms with Gasteiger partial charge in [0.15, 0.2) is 0 Å². The normalized spacial score (nSPS) is 14.0. The van der Waals surface area contributed by atoms with Gasteiger partial charge in [-0.15, -0.1) is 0 Å². The van der Waals surface area contributed by atoms with Crippen LogP contribution in [0.5, 0.6) is 5.75 Å². The lowest BCUT2D eigenvalue weighted by atomic mass is 9.83. The van der Waals surface area contributed by atoms with Gasteiger partial charge in [0.2, 0.25) is 0 Å². The van der Waals surface area contributed by atoms with E-state index >= 15 is 0 Å². The summed E-state index contributed by atoms with van der Waals surface area (Å²) in [5.74, 6) is -0.0217. The number of aromatic hydroxyl groups is 1. The third kappa shape index (κ3) is 2.57. The van der Waals surface area contributed by atoms with Crippen molar-refractivity contribution in [2.24, 2.45) is 11.1 Å². The molecule has 0 fully saturated rings. The summed E-state index contributed by atoms with van der Waals surface area (Å²) in [7, 11) is 0. The maximum Gasteiger partial charge on any atom is 0.140 e. The first-order chi connectivity index (χ1) is 6.75. The molecule has 0 aliphatic carbocycles. The number of rotatable bonds is 1. The van der Waals surface area contributed by atoms with Crippen molar-refractivity contribution in [1.29, 1.82) is 0 Å². The van der Waals surface area contributed by atoms with Crippen molar-refractivity contribution >= 4 is 23.2 Å². The largest absolute Gasteiger partial charge is 0.506 e. The average Bonchev–Trinajstić information content (AvgIpc) is 2.12. The molecule has 0 radical (unpaired) electrons. The fourth-order valence-electron chi connectivity index (χ4n) is 1.27. The molecule has 3 N–H and O–H groups in total. The topological polar surface area (TPSA) is 46.2 Å². The van der Waals surface area contributed by atoms with E-state index in [1.165, 1.54) is 0 Å². The highest BCUT2D eigenvalue weighted by Gasteiger charge is 2.26. The molecule has 1 rings (SSSR count). The zero-order valence-corrected chi connectivity index (χ0v) is 10.5. The minimum atomic E-state index is -0.285. The van der Waals surface area contributed by atoms with Crippen LogP contribution in [0.2, 0.25) is 10.0 Å². The zero-order chi connectivity index (χ0) is 11.8. The van der Waals surface area contributed by atoms with Crippen LogP contribution in [0.15, 0.2) is 12.1 Å². The van der Waals surface area contributed by atoms with Gasteiger partial charge in [0.05, 0.1) is 5.02 Å². The molecule has 0 saturated heterocycles. The molecule has 0 saturated carbocycles. The highest BCUT2D eigenvalue weighted by atomic mass is 35.5. The van der Waals surface area contributed by atoms with Crippen LogP contribution in [0.3, 0.4) is 0 Å². The van der Waals surface area contributed by atoms with Crippen LogP contribution in [0.1, 0.15) is 32.4 Å². The number of hydrogen-bond acceptors (Lipinski definition) is 2. The summed E-state index contributed by atoms with van der Waals surface area (Å²) in [5.41, 5.74) is 6.51. The first-order valence-corrected chi connectivity index (χ1v) is 5.43. The Bertz CT molecular complexity index is 372. The Kier molecular flexibility index (Phi) is 3.54. The Morgan fingerprint density at radius 2 is 1.80 bits per heavy atom.